The summed E-state index contributed by atoms with van der Waals surface area (Å²) in [5.74, 6) is -0.762. The number of ether oxygens (including phenoxy) is 1. The molecule has 1 aromatic rings. The van der Waals surface area contributed by atoms with Crippen LogP contribution in [-0.2, 0) is 16.0 Å². The van der Waals surface area contributed by atoms with Gasteiger partial charge in [0, 0.05) is 11.1 Å². The standard InChI is InChI=1S/C15H16BrFO3/c16-12-7-11(17)4-3-10(12)8-15(14(18)19)5-6-20-13(15)9-1-2-9/h3-4,7,9,13H,1-2,5-6,8H2,(H,18,19). The van der Waals surface area contributed by atoms with Crippen molar-refractivity contribution in [3.63, 3.8) is 0 Å². The van der Waals surface area contributed by atoms with Gasteiger partial charge in [0.25, 0.3) is 0 Å². The highest BCUT2D eigenvalue weighted by atomic mass is 79.9. The first kappa shape index (κ1) is 14.0. The molecule has 2 atom stereocenters. The van der Waals surface area contributed by atoms with Crippen LogP contribution in [0.1, 0.15) is 24.8 Å². The van der Waals surface area contributed by atoms with E-state index in [4.69, 9.17) is 4.74 Å². The molecule has 1 N–H and O–H groups in total. The molecule has 2 fully saturated rings. The Labute approximate surface area is 125 Å². The number of hydrogen-bond donors (Lipinski definition) is 1. The van der Waals surface area contributed by atoms with Crippen molar-refractivity contribution >= 4 is 21.9 Å². The zero-order valence-corrected chi connectivity index (χ0v) is 12.5. The second kappa shape index (κ2) is 5.11. The molecule has 0 radical (unpaired) electrons. The highest BCUT2D eigenvalue weighted by Gasteiger charge is 2.55. The van der Waals surface area contributed by atoms with Crippen molar-refractivity contribution in [3.05, 3.63) is 34.1 Å². The predicted molar refractivity (Wildman–Crippen MR) is 75.0 cm³/mol. The summed E-state index contributed by atoms with van der Waals surface area (Å²) in [5, 5.41) is 9.75. The summed E-state index contributed by atoms with van der Waals surface area (Å²) in [4.78, 5) is 11.9. The number of halogens is 2. The van der Waals surface area contributed by atoms with Crippen LogP contribution in [0, 0.1) is 17.2 Å². The Morgan fingerprint density at radius 3 is 2.85 bits per heavy atom. The maximum atomic E-state index is 13.2. The average molecular weight is 343 g/mol. The molecule has 2 aliphatic rings. The van der Waals surface area contributed by atoms with E-state index in [9.17, 15) is 14.3 Å². The van der Waals surface area contributed by atoms with Gasteiger partial charge in [-0.3, -0.25) is 4.79 Å². The lowest BCUT2D eigenvalue weighted by atomic mass is 9.74. The van der Waals surface area contributed by atoms with Crippen molar-refractivity contribution in [2.75, 3.05) is 6.61 Å². The molecular formula is C15H16BrFO3. The fraction of sp³-hybridized carbons (Fsp3) is 0.533. The number of carboxylic acids is 1. The Kier molecular flexibility index (Phi) is 3.58. The fourth-order valence-electron chi connectivity index (χ4n) is 3.15. The first-order chi connectivity index (χ1) is 9.53. The number of aliphatic carboxylic acids is 1. The zero-order valence-electron chi connectivity index (χ0n) is 10.9. The van der Waals surface area contributed by atoms with Crippen LogP contribution < -0.4 is 0 Å². The zero-order chi connectivity index (χ0) is 14.3. The molecule has 1 aromatic carbocycles. The van der Waals surface area contributed by atoms with Gasteiger partial charge in [-0.2, -0.15) is 0 Å². The largest absolute Gasteiger partial charge is 0.481 e. The van der Waals surface area contributed by atoms with Crippen LogP contribution in [-0.4, -0.2) is 23.8 Å². The highest BCUT2D eigenvalue weighted by Crippen LogP contribution is 2.50. The second-order valence-electron chi connectivity index (χ2n) is 5.75. The van der Waals surface area contributed by atoms with E-state index >= 15 is 0 Å². The van der Waals surface area contributed by atoms with Crippen LogP contribution in [0.15, 0.2) is 22.7 Å². The van der Waals surface area contributed by atoms with Crippen molar-refractivity contribution in [1.82, 2.24) is 0 Å². The molecule has 20 heavy (non-hydrogen) atoms. The van der Waals surface area contributed by atoms with Crippen LogP contribution in [0.5, 0.6) is 0 Å². The number of hydrogen-bond acceptors (Lipinski definition) is 2. The summed E-state index contributed by atoms with van der Waals surface area (Å²) in [5.41, 5.74) is -0.0495. The van der Waals surface area contributed by atoms with Gasteiger partial charge < -0.3 is 9.84 Å². The molecular weight excluding hydrogens is 327 g/mol. The van der Waals surface area contributed by atoms with E-state index in [1.165, 1.54) is 12.1 Å². The van der Waals surface area contributed by atoms with E-state index < -0.39 is 11.4 Å². The van der Waals surface area contributed by atoms with Crippen molar-refractivity contribution in [3.8, 4) is 0 Å². The summed E-state index contributed by atoms with van der Waals surface area (Å²) in [6.07, 6.45) is 2.78. The van der Waals surface area contributed by atoms with Crippen molar-refractivity contribution in [1.29, 1.82) is 0 Å². The van der Waals surface area contributed by atoms with Gasteiger partial charge in [0.1, 0.15) is 11.2 Å². The Hall–Kier alpha value is -0.940. The molecule has 1 saturated heterocycles. The lowest BCUT2D eigenvalue weighted by Gasteiger charge is -2.30. The molecule has 3 rings (SSSR count). The minimum atomic E-state index is -0.873. The smallest absolute Gasteiger partial charge is 0.312 e. The number of carboxylic acid groups (broad SMARTS) is 1. The molecule has 1 saturated carbocycles. The van der Waals surface area contributed by atoms with Crippen molar-refractivity contribution in [2.24, 2.45) is 11.3 Å². The Balaban J connectivity index is 1.92. The molecule has 0 bridgehead atoms. The molecule has 108 valence electrons. The van der Waals surface area contributed by atoms with Crippen LogP contribution in [0.25, 0.3) is 0 Å². The summed E-state index contributed by atoms with van der Waals surface area (Å²) in [7, 11) is 0. The first-order valence-corrected chi connectivity index (χ1v) is 7.61. The number of rotatable bonds is 4. The van der Waals surface area contributed by atoms with Gasteiger partial charge in [-0.15, -0.1) is 0 Å². The monoisotopic (exact) mass is 342 g/mol. The lowest BCUT2D eigenvalue weighted by Crippen LogP contribution is -2.42. The summed E-state index contributed by atoms with van der Waals surface area (Å²) >= 11 is 3.33. The van der Waals surface area contributed by atoms with E-state index in [2.05, 4.69) is 15.9 Å². The van der Waals surface area contributed by atoms with Gasteiger partial charge >= 0.3 is 5.97 Å². The van der Waals surface area contributed by atoms with Crippen LogP contribution in [0.3, 0.4) is 0 Å². The van der Waals surface area contributed by atoms with Crippen LogP contribution in [0.2, 0.25) is 0 Å². The molecule has 3 nitrogen and oxygen atoms in total. The predicted octanol–water partition coefficient (Wildman–Crippen LogP) is 3.40. The first-order valence-electron chi connectivity index (χ1n) is 6.82. The van der Waals surface area contributed by atoms with E-state index in [0.29, 0.717) is 29.8 Å². The van der Waals surface area contributed by atoms with Gasteiger partial charge in [-0.1, -0.05) is 22.0 Å². The Morgan fingerprint density at radius 1 is 1.50 bits per heavy atom. The fourth-order valence-corrected chi connectivity index (χ4v) is 3.65. The third kappa shape index (κ3) is 2.37. The van der Waals surface area contributed by atoms with Crippen molar-refractivity contribution in [2.45, 2.75) is 31.8 Å². The Bertz CT molecular complexity index is 544. The highest BCUT2D eigenvalue weighted by molar-refractivity contribution is 9.10. The summed E-state index contributed by atoms with van der Waals surface area (Å²) in [6.45, 7) is 0.492. The SMILES string of the molecule is O=C(O)C1(Cc2ccc(F)cc2Br)CCOC1C1CC1. The molecule has 0 amide bonds. The molecule has 1 heterocycles. The molecule has 0 aromatic heterocycles. The minimum absolute atomic E-state index is 0.211. The topological polar surface area (TPSA) is 46.5 Å². The molecule has 1 aliphatic heterocycles. The summed E-state index contributed by atoms with van der Waals surface area (Å²) < 4.78 is 19.5. The minimum Gasteiger partial charge on any atom is -0.481 e. The Morgan fingerprint density at radius 2 is 2.25 bits per heavy atom. The quantitative estimate of drug-likeness (QED) is 0.912. The molecule has 1 aliphatic carbocycles. The van der Waals surface area contributed by atoms with Gasteiger partial charge in [-0.05, 0) is 49.3 Å². The number of benzene rings is 1. The van der Waals surface area contributed by atoms with E-state index in [0.717, 1.165) is 18.4 Å². The second-order valence-corrected chi connectivity index (χ2v) is 6.61. The maximum Gasteiger partial charge on any atom is 0.312 e. The third-order valence-corrected chi connectivity index (χ3v) is 5.13. The van der Waals surface area contributed by atoms with Crippen LogP contribution >= 0.6 is 15.9 Å². The summed E-state index contributed by atoms with van der Waals surface area (Å²) in [6, 6.07) is 4.41. The van der Waals surface area contributed by atoms with E-state index in [-0.39, 0.29) is 11.9 Å². The van der Waals surface area contributed by atoms with Gasteiger partial charge in [0.2, 0.25) is 0 Å². The van der Waals surface area contributed by atoms with E-state index in [1.807, 2.05) is 0 Å². The average Bonchev–Trinajstić information content (AvgIpc) is 3.14. The molecule has 0 spiro atoms. The molecule has 2 unspecified atom stereocenters. The maximum absolute atomic E-state index is 13.2. The lowest BCUT2D eigenvalue weighted by molar-refractivity contribution is -0.153. The van der Waals surface area contributed by atoms with E-state index in [1.54, 1.807) is 6.07 Å². The van der Waals surface area contributed by atoms with Crippen molar-refractivity contribution < 1.29 is 19.0 Å². The number of carbonyl (C=O) groups is 1. The molecule has 5 heteroatoms. The van der Waals surface area contributed by atoms with Crippen LogP contribution in [0.4, 0.5) is 4.39 Å². The normalized spacial score (nSPS) is 29.6. The van der Waals surface area contributed by atoms with Gasteiger partial charge in [0.15, 0.2) is 0 Å². The third-order valence-electron chi connectivity index (χ3n) is 4.39. The van der Waals surface area contributed by atoms with Gasteiger partial charge in [-0.25, -0.2) is 4.39 Å². The van der Waals surface area contributed by atoms with Gasteiger partial charge in [0.05, 0.1) is 6.10 Å².